The molecule has 3 heteroatoms. The molecule has 0 saturated carbocycles. The van der Waals surface area contributed by atoms with E-state index in [2.05, 4.69) is 15.9 Å². The summed E-state index contributed by atoms with van der Waals surface area (Å²) in [6, 6.07) is 6.65. The van der Waals surface area contributed by atoms with Crippen molar-refractivity contribution in [2.24, 2.45) is 0 Å². The van der Waals surface area contributed by atoms with Gasteiger partial charge in [-0.15, -0.1) is 0 Å². The predicted octanol–water partition coefficient (Wildman–Crippen LogP) is 2.47. The van der Waals surface area contributed by atoms with Gasteiger partial charge in [-0.1, -0.05) is 40.2 Å². The summed E-state index contributed by atoms with van der Waals surface area (Å²) in [5, 5.41) is 0.668. The summed E-state index contributed by atoms with van der Waals surface area (Å²) in [5.74, 6) is 0.0920. The quantitative estimate of drug-likeness (QED) is 0.461. The third kappa shape index (κ3) is 2.77. The van der Waals surface area contributed by atoms with Crippen LogP contribution in [0.15, 0.2) is 24.3 Å². The van der Waals surface area contributed by atoms with Crippen molar-refractivity contribution in [3.63, 3.8) is 0 Å². The molecule has 0 saturated heterocycles. The second-order valence-electron chi connectivity index (χ2n) is 2.60. The first kappa shape index (κ1) is 10.1. The molecule has 0 unspecified atom stereocenters. The Balaban J connectivity index is 2.79. The normalized spacial score (nSPS) is 9.62. The number of ketones is 1. The summed E-state index contributed by atoms with van der Waals surface area (Å²) in [6.45, 7) is 0. The minimum atomic E-state index is 0.0920. The molecule has 0 aromatic heterocycles. The highest BCUT2D eigenvalue weighted by molar-refractivity contribution is 9.09. The van der Waals surface area contributed by atoms with E-state index in [0.717, 1.165) is 6.29 Å². The van der Waals surface area contributed by atoms with Crippen molar-refractivity contribution >= 4 is 28.0 Å². The molecule has 1 aromatic rings. The number of hydrogen-bond acceptors (Lipinski definition) is 2. The molecule has 2 nitrogen and oxygen atoms in total. The summed E-state index contributed by atoms with van der Waals surface area (Å²) in [6.07, 6.45) is 1.25. The van der Waals surface area contributed by atoms with Gasteiger partial charge in [0, 0.05) is 22.9 Å². The fraction of sp³-hybridized carbons (Fsp3) is 0.200. The number of Topliss-reactive ketones (excluding diaryl/α,β-unsaturated/α-hetero) is 1. The summed E-state index contributed by atoms with van der Waals surface area (Å²) in [4.78, 5) is 21.6. The molecular weight excluding hydrogens is 232 g/mol. The lowest BCUT2D eigenvalue weighted by Gasteiger charge is -1.97. The highest BCUT2D eigenvalue weighted by atomic mass is 79.9. The first-order chi connectivity index (χ1) is 6.27. The molecule has 0 spiro atoms. The van der Waals surface area contributed by atoms with Crippen LogP contribution in [0.4, 0.5) is 0 Å². The number of carbonyl (C=O) groups is 2. The van der Waals surface area contributed by atoms with E-state index >= 15 is 0 Å². The van der Waals surface area contributed by atoms with Gasteiger partial charge in [0.05, 0.1) is 0 Å². The topological polar surface area (TPSA) is 34.1 Å². The monoisotopic (exact) mass is 240 g/mol. The van der Waals surface area contributed by atoms with E-state index in [4.69, 9.17) is 0 Å². The Hall–Kier alpha value is -0.960. The van der Waals surface area contributed by atoms with Gasteiger partial charge in [-0.2, -0.15) is 0 Å². The molecule has 0 amide bonds. The highest BCUT2D eigenvalue weighted by Crippen LogP contribution is 2.06. The highest BCUT2D eigenvalue weighted by Gasteiger charge is 2.03. The molecule has 0 fully saturated rings. The number of aldehydes is 1. The third-order valence-electron chi connectivity index (χ3n) is 1.69. The second-order valence-corrected chi connectivity index (χ2v) is 3.40. The van der Waals surface area contributed by atoms with E-state index in [0.29, 0.717) is 22.9 Å². The Bertz CT molecular complexity index is 303. The average molecular weight is 241 g/mol. The number of halogens is 1. The van der Waals surface area contributed by atoms with Crippen LogP contribution in [0.2, 0.25) is 0 Å². The van der Waals surface area contributed by atoms with Gasteiger partial charge in [-0.05, 0) is 0 Å². The number of rotatable bonds is 4. The van der Waals surface area contributed by atoms with E-state index in [1.165, 1.54) is 0 Å². The molecule has 0 N–H and O–H groups in total. The van der Waals surface area contributed by atoms with Crippen LogP contribution in [0.1, 0.15) is 27.1 Å². The van der Waals surface area contributed by atoms with E-state index < -0.39 is 0 Å². The smallest absolute Gasteiger partial charge is 0.163 e. The molecule has 0 aliphatic rings. The molecule has 68 valence electrons. The average Bonchev–Trinajstić information content (AvgIpc) is 2.18. The van der Waals surface area contributed by atoms with Crippen molar-refractivity contribution in [1.29, 1.82) is 0 Å². The molecular formula is C10H9BrO2. The SMILES string of the molecule is O=Cc1ccc(C(=O)CCBr)cc1. The lowest BCUT2D eigenvalue weighted by molar-refractivity contribution is 0.0989. The van der Waals surface area contributed by atoms with Crippen molar-refractivity contribution in [3.8, 4) is 0 Å². The zero-order chi connectivity index (χ0) is 9.68. The molecule has 1 rings (SSSR count). The summed E-state index contributed by atoms with van der Waals surface area (Å²) >= 11 is 3.20. The van der Waals surface area contributed by atoms with Crippen LogP contribution in [0.3, 0.4) is 0 Å². The number of hydrogen-bond donors (Lipinski definition) is 0. The van der Waals surface area contributed by atoms with Crippen molar-refractivity contribution in [2.45, 2.75) is 6.42 Å². The van der Waals surface area contributed by atoms with E-state index in [1.54, 1.807) is 24.3 Å². The van der Waals surface area contributed by atoms with E-state index in [9.17, 15) is 9.59 Å². The van der Waals surface area contributed by atoms with Gasteiger partial charge < -0.3 is 0 Å². The molecule has 1 aromatic carbocycles. The zero-order valence-electron chi connectivity index (χ0n) is 7.00. The summed E-state index contributed by atoms with van der Waals surface area (Å²) in [7, 11) is 0. The maximum Gasteiger partial charge on any atom is 0.163 e. The minimum Gasteiger partial charge on any atom is -0.298 e. The molecule has 0 atom stereocenters. The molecule has 13 heavy (non-hydrogen) atoms. The van der Waals surface area contributed by atoms with Crippen LogP contribution in [-0.2, 0) is 0 Å². The molecule has 0 aliphatic heterocycles. The Labute approximate surface area is 85.1 Å². The van der Waals surface area contributed by atoms with Crippen LogP contribution in [0.5, 0.6) is 0 Å². The lowest BCUT2D eigenvalue weighted by atomic mass is 10.1. The second kappa shape index (κ2) is 4.92. The fourth-order valence-corrected chi connectivity index (χ4v) is 1.34. The van der Waals surface area contributed by atoms with Gasteiger partial charge >= 0.3 is 0 Å². The summed E-state index contributed by atoms with van der Waals surface area (Å²) in [5.41, 5.74) is 1.25. The van der Waals surface area contributed by atoms with Gasteiger partial charge in [-0.3, -0.25) is 9.59 Å². The predicted molar refractivity (Wildman–Crippen MR) is 54.6 cm³/mol. The molecule has 0 bridgehead atoms. The first-order valence-electron chi connectivity index (χ1n) is 3.92. The van der Waals surface area contributed by atoms with E-state index in [1.807, 2.05) is 0 Å². The van der Waals surface area contributed by atoms with Crippen LogP contribution < -0.4 is 0 Å². The number of carbonyl (C=O) groups excluding carboxylic acids is 2. The largest absolute Gasteiger partial charge is 0.298 e. The van der Waals surface area contributed by atoms with Crippen LogP contribution >= 0.6 is 15.9 Å². The van der Waals surface area contributed by atoms with E-state index in [-0.39, 0.29) is 5.78 Å². The van der Waals surface area contributed by atoms with Crippen molar-refractivity contribution in [1.82, 2.24) is 0 Å². The van der Waals surface area contributed by atoms with Crippen molar-refractivity contribution < 1.29 is 9.59 Å². The zero-order valence-corrected chi connectivity index (χ0v) is 8.58. The van der Waals surface area contributed by atoms with Gasteiger partial charge in [0.1, 0.15) is 6.29 Å². The van der Waals surface area contributed by atoms with Gasteiger partial charge in [0.15, 0.2) is 5.78 Å². The Kier molecular flexibility index (Phi) is 3.83. The fourth-order valence-electron chi connectivity index (χ4n) is 0.978. The van der Waals surface area contributed by atoms with Crippen LogP contribution in [-0.4, -0.2) is 17.4 Å². The van der Waals surface area contributed by atoms with Gasteiger partial charge in [0.2, 0.25) is 0 Å². The van der Waals surface area contributed by atoms with Crippen molar-refractivity contribution in [2.75, 3.05) is 5.33 Å². The molecule has 0 heterocycles. The molecule has 0 aliphatic carbocycles. The number of benzene rings is 1. The minimum absolute atomic E-state index is 0.0920. The molecule has 0 radical (unpaired) electrons. The summed E-state index contributed by atoms with van der Waals surface area (Å²) < 4.78 is 0. The van der Waals surface area contributed by atoms with Gasteiger partial charge in [0.25, 0.3) is 0 Å². The van der Waals surface area contributed by atoms with Crippen LogP contribution in [0.25, 0.3) is 0 Å². The number of alkyl halides is 1. The lowest BCUT2D eigenvalue weighted by Crippen LogP contribution is -1.99. The Morgan fingerprint density at radius 1 is 1.31 bits per heavy atom. The van der Waals surface area contributed by atoms with Crippen molar-refractivity contribution in [3.05, 3.63) is 35.4 Å². The first-order valence-corrected chi connectivity index (χ1v) is 5.04. The Morgan fingerprint density at radius 3 is 2.38 bits per heavy atom. The van der Waals surface area contributed by atoms with Crippen LogP contribution in [0, 0.1) is 0 Å². The third-order valence-corrected chi connectivity index (χ3v) is 2.09. The van der Waals surface area contributed by atoms with Gasteiger partial charge in [-0.25, -0.2) is 0 Å². The maximum absolute atomic E-state index is 11.3. The maximum atomic E-state index is 11.3. The Morgan fingerprint density at radius 2 is 1.92 bits per heavy atom. The standard InChI is InChI=1S/C10H9BrO2/c11-6-5-10(13)9-3-1-8(7-12)2-4-9/h1-4,7H,5-6H2.